The molecule has 9 heteroatoms. The highest BCUT2D eigenvalue weighted by atomic mass is 32.1. The molecule has 0 saturated carbocycles. The Bertz CT molecular complexity index is 1570. The number of anilines is 1. The van der Waals surface area contributed by atoms with Crippen LogP contribution in [0, 0.1) is 18.6 Å². The Morgan fingerprint density at radius 1 is 1.28 bits per heavy atom. The average molecular weight is 462 g/mol. The van der Waals surface area contributed by atoms with Crippen LogP contribution in [0.1, 0.15) is 21.8 Å². The molecule has 0 bridgehead atoms. The second-order valence-corrected chi connectivity index (χ2v) is 8.74. The van der Waals surface area contributed by atoms with Gasteiger partial charge in [0.15, 0.2) is 21.5 Å². The number of aromatic nitrogens is 4. The predicted molar refractivity (Wildman–Crippen MR) is 130 cm³/mol. The van der Waals surface area contributed by atoms with E-state index in [-0.39, 0.29) is 11.7 Å². The van der Waals surface area contributed by atoms with Gasteiger partial charge in [0.25, 0.3) is 5.91 Å². The maximum atomic E-state index is 13.1. The van der Waals surface area contributed by atoms with Crippen molar-refractivity contribution in [2.75, 3.05) is 5.32 Å². The summed E-state index contributed by atoms with van der Waals surface area (Å²) < 4.78 is 8.38. The number of hydrogen-bond acceptors (Lipinski definition) is 6. The van der Waals surface area contributed by atoms with Crippen molar-refractivity contribution in [1.29, 1.82) is 0 Å². The highest BCUT2D eigenvalue weighted by Gasteiger charge is 2.22. The summed E-state index contributed by atoms with van der Waals surface area (Å²) in [5.74, 6) is 0.602. The monoisotopic (exact) mass is 461 g/mol. The number of carbonyl (C=O) groups is 1. The molecule has 5 rings (SSSR count). The van der Waals surface area contributed by atoms with E-state index in [1.54, 1.807) is 6.08 Å². The number of rotatable bonds is 5. The molecule has 3 heterocycles. The molecule has 2 aromatic carbocycles. The number of carbonyl (C=O) groups excluding carboxylic acids is 1. The van der Waals surface area contributed by atoms with E-state index in [2.05, 4.69) is 27.1 Å². The lowest BCUT2D eigenvalue weighted by Crippen LogP contribution is -2.11. The smallest absolute Gasteiger partial charge is 0.293 e. The van der Waals surface area contributed by atoms with Crippen molar-refractivity contribution in [3.63, 3.8) is 0 Å². The van der Waals surface area contributed by atoms with Gasteiger partial charge in [-0.25, -0.2) is 4.98 Å². The highest BCUT2D eigenvalue weighted by Crippen LogP contribution is 2.34. The summed E-state index contributed by atoms with van der Waals surface area (Å²) >= 11 is 6.64. The van der Waals surface area contributed by atoms with E-state index < -0.39 is 0 Å². The molecule has 0 aliphatic carbocycles. The van der Waals surface area contributed by atoms with Gasteiger partial charge in [-0.3, -0.25) is 19.8 Å². The number of amides is 1. The van der Waals surface area contributed by atoms with Crippen LogP contribution < -0.4 is 5.32 Å². The molecule has 7 nitrogen and oxygen atoms in total. The van der Waals surface area contributed by atoms with Crippen molar-refractivity contribution in [3.05, 3.63) is 70.8 Å². The fraction of sp³-hybridized carbons (Fsp3) is 0.130. The first-order chi connectivity index (χ1) is 15.5. The van der Waals surface area contributed by atoms with Crippen molar-refractivity contribution in [3.8, 4) is 10.7 Å². The minimum Gasteiger partial charge on any atom is -0.450 e. The van der Waals surface area contributed by atoms with Crippen molar-refractivity contribution < 1.29 is 9.21 Å². The molecule has 0 radical (unpaired) electrons. The summed E-state index contributed by atoms with van der Waals surface area (Å²) in [5.41, 5.74) is 2.25. The maximum Gasteiger partial charge on any atom is 0.293 e. The number of thiazole rings is 1. The number of aryl methyl sites for hydroxylation is 2. The van der Waals surface area contributed by atoms with Crippen molar-refractivity contribution in [2.24, 2.45) is 0 Å². The SMILES string of the molecule is C=CCn1c(-c2sc(NC(=O)c3oc4c(ccc5ccccc54)c3C)nc2C)n[nH]c1=S. The molecule has 160 valence electrons. The molecule has 2 N–H and O–H groups in total. The van der Waals surface area contributed by atoms with Gasteiger partial charge in [0.05, 0.1) is 10.6 Å². The first kappa shape index (κ1) is 20.3. The average Bonchev–Trinajstić information content (AvgIpc) is 3.44. The van der Waals surface area contributed by atoms with Crippen LogP contribution in [0.25, 0.3) is 32.4 Å². The Morgan fingerprint density at radius 2 is 2.09 bits per heavy atom. The number of allylic oxidation sites excluding steroid dienone is 1. The van der Waals surface area contributed by atoms with Gasteiger partial charge in [-0.1, -0.05) is 53.8 Å². The van der Waals surface area contributed by atoms with Crippen LogP contribution in [0.2, 0.25) is 0 Å². The Hall–Kier alpha value is -3.56. The molecule has 0 aliphatic rings. The molecule has 1 amide bonds. The Balaban J connectivity index is 1.50. The van der Waals surface area contributed by atoms with E-state index in [4.69, 9.17) is 16.6 Å². The van der Waals surface area contributed by atoms with Gasteiger partial charge in [-0.15, -0.1) is 6.58 Å². The minimum atomic E-state index is -0.340. The van der Waals surface area contributed by atoms with Gasteiger partial charge in [-0.2, -0.15) is 5.10 Å². The number of nitrogens with one attached hydrogen (secondary N) is 2. The number of fused-ring (bicyclic) bond motifs is 3. The largest absolute Gasteiger partial charge is 0.450 e. The van der Waals surface area contributed by atoms with Crippen LogP contribution in [0.15, 0.2) is 53.5 Å². The van der Waals surface area contributed by atoms with Gasteiger partial charge in [-0.05, 0) is 31.5 Å². The number of H-pyrrole nitrogens is 1. The lowest BCUT2D eigenvalue weighted by molar-refractivity contribution is 0.0998. The normalized spacial score (nSPS) is 11.3. The van der Waals surface area contributed by atoms with E-state index >= 15 is 0 Å². The number of nitrogens with zero attached hydrogens (tertiary/aromatic N) is 3. The summed E-state index contributed by atoms with van der Waals surface area (Å²) in [6.45, 7) is 8.05. The summed E-state index contributed by atoms with van der Waals surface area (Å²) in [7, 11) is 0. The molecule has 0 atom stereocenters. The first-order valence-corrected chi connectivity index (χ1v) is 11.2. The zero-order valence-electron chi connectivity index (χ0n) is 17.4. The van der Waals surface area contributed by atoms with Crippen LogP contribution in [-0.2, 0) is 6.54 Å². The maximum absolute atomic E-state index is 13.1. The van der Waals surface area contributed by atoms with Crippen LogP contribution in [0.4, 0.5) is 5.13 Å². The van der Waals surface area contributed by atoms with E-state index in [9.17, 15) is 4.79 Å². The van der Waals surface area contributed by atoms with Gasteiger partial charge < -0.3 is 4.42 Å². The third kappa shape index (κ3) is 3.26. The topological polar surface area (TPSA) is 88.7 Å². The van der Waals surface area contributed by atoms with Crippen molar-refractivity contribution in [1.82, 2.24) is 19.7 Å². The highest BCUT2D eigenvalue weighted by molar-refractivity contribution is 7.71. The predicted octanol–water partition coefficient (Wildman–Crippen LogP) is 6.02. The third-order valence-electron chi connectivity index (χ3n) is 5.32. The Kier molecular flexibility index (Phi) is 4.99. The quantitative estimate of drug-likeness (QED) is 0.247. The van der Waals surface area contributed by atoms with Crippen LogP contribution in [0.3, 0.4) is 0 Å². The number of aromatic amines is 1. The molecule has 3 aromatic heterocycles. The van der Waals surface area contributed by atoms with Gasteiger partial charge in [0, 0.05) is 22.9 Å². The van der Waals surface area contributed by atoms with Crippen molar-refractivity contribution in [2.45, 2.75) is 20.4 Å². The minimum absolute atomic E-state index is 0.278. The fourth-order valence-electron chi connectivity index (χ4n) is 3.77. The molecule has 0 aliphatic heterocycles. The summed E-state index contributed by atoms with van der Waals surface area (Å²) in [4.78, 5) is 18.4. The zero-order valence-corrected chi connectivity index (χ0v) is 19.1. The number of furan rings is 1. The van der Waals surface area contributed by atoms with E-state index in [1.807, 2.05) is 54.8 Å². The summed E-state index contributed by atoms with van der Waals surface area (Å²) in [6, 6.07) is 12.0. The van der Waals surface area contributed by atoms with Gasteiger partial charge in [0.2, 0.25) is 0 Å². The molecular formula is C23H19N5O2S2. The molecular weight excluding hydrogens is 442 g/mol. The second kappa shape index (κ2) is 7.85. The molecule has 5 aromatic rings. The van der Waals surface area contributed by atoms with Crippen LogP contribution in [-0.4, -0.2) is 25.7 Å². The Morgan fingerprint density at radius 3 is 2.91 bits per heavy atom. The van der Waals surface area contributed by atoms with E-state index in [0.717, 1.165) is 32.3 Å². The molecule has 0 spiro atoms. The summed E-state index contributed by atoms with van der Waals surface area (Å²) in [6.07, 6.45) is 1.75. The van der Waals surface area contributed by atoms with Crippen molar-refractivity contribution >= 4 is 56.3 Å². The molecule has 0 fully saturated rings. The fourth-order valence-corrected chi connectivity index (χ4v) is 4.93. The molecule has 0 unspecified atom stereocenters. The zero-order chi connectivity index (χ0) is 22.4. The van der Waals surface area contributed by atoms with E-state index in [0.29, 0.717) is 27.9 Å². The standard InChI is InChI=1S/C23H19N5O2S2/c1-4-11-28-20(26-27-23(28)31)19-13(3)24-22(32-19)25-21(29)17-12(2)15-10-9-14-7-5-6-8-16(14)18(15)30-17/h4-10H,1,11H2,2-3H3,(H,27,31)(H,24,25,29). The van der Waals surface area contributed by atoms with Gasteiger partial charge >= 0.3 is 0 Å². The molecule has 0 saturated heterocycles. The number of hydrogen-bond donors (Lipinski definition) is 2. The number of benzene rings is 2. The Labute approximate surface area is 192 Å². The van der Waals surface area contributed by atoms with Crippen LogP contribution >= 0.6 is 23.6 Å². The first-order valence-electron chi connectivity index (χ1n) is 9.94. The lowest BCUT2D eigenvalue weighted by Gasteiger charge is -2.01. The van der Waals surface area contributed by atoms with Crippen LogP contribution in [0.5, 0.6) is 0 Å². The van der Waals surface area contributed by atoms with E-state index in [1.165, 1.54) is 11.3 Å². The van der Waals surface area contributed by atoms with Gasteiger partial charge in [0.1, 0.15) is 5.58 Å². The lowest BCUT2D eigenvalue weighted by atomic mass is 10.1. The molecule has 32 heavy (non-hydrogen) atoms. The second-order valence-electron chi connectivity index (χ2n) is 7.36. The third-order valence-corrected chi connectivity index (χ3v) is 6.71. The summed E-state index contributed by atoms with van der Waals surface area (Å²) in [5, 5.41) is 13.4.